The molecule has 12 heteroatoms. The molecule has 10 nitrogen and oxygen atoms in total. The summed E-state index contributed by atoms with van der Waals surface area (Å²) in [7, 11) is 2.11. The minimum Gasteiger partial charge on any atom is -0.390 e. The topological polar surface area (TPSA) is 129 Å². The molecule has 4 N–H and O–H groups in total. The lowest BCUT2D eigenvalue weighted by molar-refractivity contribution is 0.270. The van der Waals surface area contributed by atoms with Gasteiger partial charge in [-0.05, 0) is 43.0 Å². The molecule has 1 aliphatic carbocycles. The van der Waals surface area contributed by atoms with E-state index in [4.69, 9.17) is 15.2 Å². The van der Waals surface area contributed by atoms with Gasteiger partial charge in [-0.1, -0.05) is 13.3 Å². The molecule has 2 aliphatic rings. The van der Waals surface area contributed by atoms with Gasteiger partial charge in [-0.15, -0.1) is 11.3 Å². The van der Waals surface area contributed by atoms with E-state index >= 15 is 0 Å². The number of thiophene rings is 1. The van der Waals surface area contributed by atoms with E-state index in [1.165, 1.54) is 12.8 Å². The molecular formula is C24H33N9OS2. The van der Waals surface area contributed by atoms with E-state index in [0.717, 1.165) is 48.4 Å². The van der Waals surface area contributed by atoms with Crippen molar-refractivity contribution in [2.75, 3.05) is 30.4 Å². The first-order valence-corrected chi connectivity index (χ1v) is 14.2. The second kappa shape index (κ2) is 11.3. The molecule has 1 saturated carbocycles. The minimum atomic E-state index is -0.0925. The summed E-state index contributed by atoms with van der Waals surface area (Å²) in [6, 6.07) is 6.86. The first-order chi connectivity index (χ1) is 17.6. The van der Waals surface area contributed by atoms with Crippen LogP contribution in [-0.4, -0.2) is 61.8 Å². The molecule has 36 heavy (non-hydrogen) atoms. The standard InChI is InChI=1S/C24H33N9OS2/c1-3-15-4-5-17(31-36-33-12-16(11-25)13-33)9-19(8-15)32(2)24-27-22(20-6-7-35-23(20)28-24)26-21-10-18(14-34)29-30-21/h6-7,10,15-17,19,31,34H,3-5,8-9,12-14H2,1-2H3,(H2,26,27,28,29,30). The predicted molar refractivity (Wildman–Crippen MR) is 145 cm³/mol. The van der Waals surface area contributed by atoms with Crippen LogP contribution in [0.25, 0.3) is 10.2 Å². The highest BCUT2D eigenvalue weighted by molar-refractivity contribution is 7.95. The van der Waals surface area contributed by atoms with Crippen LogP contribution in [0.15, 0.2) is 17.5 Å². The van der Waals surface area contributed by atoms with Crippen LogP contribution in [0.2, 0.25) is 0 Å². The Morgan fingerprint density at radius 3 is 2.94 bits per heavy atom. The summed E-state index contributed by atoms with van der Waals surface area (Å²) in [5.41, 5.74) is 0.646. The first-order valence-electron chi connectivity index (χ1n) is 12.5. The number of hydrogen-bond donors (Lipinski definition) is 4. The van der Waals surface area contributed by atoms with Crippen LogP contribution in [-0.2, 0) is 6.61 Å². The van der Waals surface area contributed by atoms with Crippen molar-refractivity contribution in [2.45, 2.75) is 57.7 Å². The van der Waals surface area contributed by atoms with E-state index in [2.05, 4.69) is 49.5 Å². The maximum atomic E-state index is 9.36. The zero-order valence-corrected chi connectivity index (χ0v) is 22.3. The van der Waals surface area contributed by atoms with Crippen molar-refractivity contribution in [3.8, 4) is 6.07 Å². The molecule has 0 aromatic carbocycles. The van der Waals surface area contributed by atoms with Gasteiger partial charge in [-0.25, -0.2) is 14.0 Å². The fraction of sp³-hybridized carbons (Fsp3) is 0.583. The monoisotopic (exact) mass is 527 g/mol. The van der Waals surface area contributed by atoms with Crippen LogP contribution in [0.4, 0.5) is 17.6 Å². The van der Waals surface area contributed by atoms with Gasteiger partial charge < -0.3 is 15.3 Å². The Labute approximate surface area is 219 Å². The van der Waals surface area contributed by atoms with Gasteiger partial charge in [0.25, 0.3) is 0 Å². The third-order valence-electron chi connectivity index (χ3n) is 7.27. The quantitative estimate of drug-likeness (QED) is 0.239. The number of H-pyrrole nitrogens is 1. The maximum absolute atomic E-state index is 9.36. The molecule has 3 aromatic heterocycles. The van der Waals surface area contributed by atoms with Crippen molar-refractivity contribution in [1.29, 1.82) is 5.26 Å². The van der Waals surface area contributed by atoms with Crippen molar-refractivity contribution in [2.24, 2.45) is 11.8 Å². The predicted octanol–water partition coefficient (Wildman–Crippen LogP) is 4.03. The van der Waals surface area contributed by atoms with E-state index in [1.807, 2.05) is 11.4 Å². The van der Waals surface area contributed by atoms with Crippen LogP contribution in [0, 0.1) is 23.2 Å². The smallest absolute Gasteiger partial charge is 0.228 e. The Bertz CT molecular complexity index is 1200. The highest BCUT2D eigenvalue weighted by Gasteiger charge is 2.32. The fourth-order valence-corrected chi connectivity index (χ4v) is 6.69. The molecule has 0 bridgehead atoms. The number of aliphatic hydroxyl groups excluding tert-OH is 1. The lowest BCUT2D eigenvalue weighted by Crippen LogP contribution is -2.44. The van der Waals surface area contributed by atoms with Gasteiger partial charge in [-0.3, -0.25) is 5.10 Å². The summed E-state index contributed by atoms with van der Waals surface area (Å²) in [6.07, 6.45) is 5.66. The number of anilines is 3. The molecule has 3 aromatic rings. The van der Waals surface area contributed by atoms with Gasteiger partial charge in [0.05, 0.1) is 29.7 Å². The van der Waals surface area contributed by atoms with Gasteiger partial charge >= 0.3 is 0 Å². The molecule has 3 atom stereocenters. The van der Waals surface area contributed by atoms with Crippen LogP contribution < -0.4 is 14.9 Å². The Kier molecular flexibility index (Phi) is 7.93. The van der Waals surface area contributed by atoms with E-state index in [1.54, 1.807) is 29.5 Å². The van der Waals surface area contributed by atoms with Crippen molar-refractivity contribution in [1.82, 2.24) is 29.2 Å². The number of aliphatic hydroxyl groups is 1. The number of hydrogen-bond acceptors (Lipinski definition) is 11. The number of nitrogens with zero attached hydrogens (tertiary/aromatic N) is 6. The average Bonchev–Trinajstić information content (AvgIpc) is 3.48. The second-order valence-corrected chi connectivity index (χ2v) is 11.6. The Hall–Kier alpha value is -2.43. The molecule has 2 fully saturated rings. The number of rotatable bonds is 9. The zero-order valence-electron chi connectivity index (χ0n) is 20.6. The van der Waals surface area contributed by atoms with Gasteiger partial charge in [0.1, 0.15) is 10.6 Å². The number of nitrogens with one attached hydrogen (secondary N) is 3. The van der Waals surface area contributed by atoms with Crippen molar-refractivity contribution in [3.63, 3.8) is 0 Å². The second-order valence-electron chi connectivity index (χ2n) is 9.74. The molecule has 3 unspecified atom stereocenters. The fourth-order valence-electron chi connectivity index (χ4n) is 4.91. The van der Waals surface area contributed by atoms with Gasteiger partial charge in [0, 0.05) is 50.4 Å². The number of nitriles is 1. The molecule has 0 radical (unpaired) electrons. The summed E-state index contributed by atoms with van der Waals surface area (Å²) in [6.45, 7) is 3.86. The third-order valence-corrected chi connectivity index (χ3v) is 9.07. The molecule has 1 aliphatic heterocycles. The Morgan fingerprint density at radius 1 is 1.33 bits per heavy atom. The molecule has 192 valence electrons. The van der Waals surface area contributed by atoms with Crippen molar-refractivity contribution >= 4 is 51.3 Å². The van der Waals surface area contributed by atoms with Crippen LogP contribution in [0.3, 0.4) is 0 Å². The SMILES string of the molecule is CCC1CCC(NSN2CC(C#N)C2)CC(N(C)c2nc(Nc3cc(CO)[nH]n3)c3ccsc3n2)C1. The highest BCUT2D eigenvalue weighted by Crippen LogP contribution is 2.34. The number of fused-ring (bicyclic) bond motifs is 1. The van der Waals surface area contributed by atoms with Gasteiger partial charge in [-0.2, -0.15) is 15.3 Å². The minimum absolute atomic E-state index is 0.0925. The molecule has 4 heterocycles. The first kappa shape index (κ1) is 25.2. The van der Waals surface area contributed by atoms with E-state index in [0.29, 0.717) is 35.5 Å². The van der Waals surface area contributed by atoms with E-state index < -0.39 is 0 Å². The molecule has 0 amide bonds. The average molecular weight is 528 g/mol. The summed E-state index contributed by atoms with van der Waals surface area (Å²) >= 11 is 3.28. The largest absolute Gasteiger partial charge is 0.390 e. The summed E-state index contributed by atoms with van der Waals surface area (Å²) < 4.78 is 5.92. The summed E-state index contributed by atoms with van der Waals surface area (Å²) in [4.78, 5) is 13.0. The summed E-state index contributed by atoms with van der Waals surface area (Å²) in [5, 5.41) is 31.8. The molecular weight excluding hydrogens is 494 g/mol. The zero-order chi connectivity index (χ0) is 25.1. The normalized spacial score (nSPS) is 23.2. The van der Waals surface area contributed by atoms with Crippen molar-refractivity contribution < 1.29 is 5.11 Å². The molecule has 5 rings (SSSR count). The Morgan fingerprint density at radius 2 is 2.19 bits per heavy atom. The third kappa shape index (κ3) is 5.60. The van der Waals surface area contributed by atoms with E-state index in [-0.39, 0.29) is 12.5 Å². The number of aromatic amines is 1. The maximum Gasteiger partial charge on any atom is 0.228 e. The molecule has 0 spiro atoms. The van der Waals surface area contributed by atoms with E-state index in [9.17, 15) is 5.11 Å². The van der Waals surface area contributed by atoms with Gasteiger partial charge in [0.2, 0.25) is 5.95 Å². The Balaban J connectivity index is 1.33. The van der Waals surface area contributed by atoms with Crippen LogP contribution in [0.5, 0.6) is 0 Å². The lowest BCUT2D eigenvalue weighted by Gasteiger charge is -2.35. The van der Waals surface area contributed by atoms with Gasteiger partial charge in [0.15, 0.2) is 5.82 Å². The van der Waals surface area contributed by atoms with Crippen molar-refractivity contribution in [3.05, 3.63) is 23.2 Å². The highest BCUT2D eigenvalue weighted by atomic mass is 32.2. The lowest BCUT2D eigenvalue weighted by atomic mass is 9.95. The molecule has 1 saturated heterocycles. The van der Waals surface area contributed by atoms with Crippen LogP contribution in [0.1, 0.15) is 44.7 Å². The summed E-state index contributed by atoms with van der Waals surface area (Å²) in [5.74, 6) is 2.88. The number of aromatic nitrogens is 4. The van der Waals surface area contributed by atoms with Crippen LogP contribution >= 0.6 is 23.5 Å².